The number of nitrogens with zero attached hydrogens (tertiary/aromatic N) is 4. The zero-order valence-corrected chi connectivity index (χ0v) is 16.2. The van der Waals surface area contributed by atoms with Crippen molar-refractivity contribution in [2.75, 3.05) is 12.4 Å². The highest BCUT2D eigenvalue weighted by Gasteiger charge is 2.50. The molecule has 0 amide bonds. The summed E-state index contributed by atoms with van der Waals surface area (Å²) in [5.41, 5.74) is 2.82. The fourth-order valence-electron chi connectivity index (χ4n) is 4.75. The maximum Gasteiger partial charge on any atom is 0.230 e. The van der Waals surface area contributed by atoms with E-state index in [0.29, 0.717) is 23.9 Å². The van der Waals surface area contributed by atoms with E-state index < -0.39 is 0 Å². The molecule has 7 nitrogen and oxygen atoms in total. The Bertz CT molecular complexity index is 982. The number of anilines is 2. The molecule has 0 saturated carbocycles. The topological polar surface area (TPSA) is 84.5 Å². The number of allylic oxidation sites excluding steroid dienone is 2. The second-order valence-electron chi connectivity index (χ2n) is 7.72. The fourth-order valence-corrected chi connectivity index (χ4v) is 4.75. The molecule has 2 aliphatic carbocycles. The van der Waals surface area contributed by atoms with Gasteiger partial charge in [0.15, 0.2) is 0 Å². The first-order chi connectivity index (χ1) is 13.5. The van der Waals surface area contributed by atoms with Gasteiger partial charge in [0.05, 0.1) is 25.1 Å². The summed E-state index contributed by atoms with van der Waals surface area (Å²) < 4.78 is 5.59. The quantitative estimate of drug-likeness (QED) is 0.781. The molecule has 28 heavy (non-hydrogen) atoms. The molecule has 144 valence electrons. The van der Waals surface area contributed by atoms with Gasteiger partial charge in [-0.2, -0.15) is 4.98 Å². The van der Waals surface area contributed by atoms with Crippen molar-refractivity contribution in [2.45, 2.75) is 38.5 Å². The Hall–Kier alpha value is -3.14. The van der Waals surface area contributed by atoms with Gasteiger partial charge in [0.1, 0.15) is 0 Å². The molecule has 0 aliphatic heterocycles. The molecule has 2 aliphatic rings. The number of rotatable bonds is 3. The summed E-state index contributed by atoms with van der Waals surface area (Å²) in [6.07, 6.45) is 5.57. The van der Waals surface area contributed by atoms with E-state index in [9.17, 15) is 5.11 Å². The summed E-state index contributed by atoms with van der Waals surface area (Å²) >= 11 is 0. The molecule has 0 aromatic carbocycles. The van der Waals surface area contributed by atoms with Crippen molar-refractivity contribution >= 4 is 11.6 Å². The van der Waals surface area contributed by atoms with E-state index in [1.807, 2.05) is 19.1 Å². The first kappa shape index (κ1) is 18.2. The van der Waals surface area contributed by atoms with Crippen LogP contribution in [0.25, 0.3) is 4.85 Å². The number of fused-ring (bicyclic) bond motifs is 3. The van der Waals surface area contributed by atoms with Gasteiger partial charge in [0.2, 0.25) is 17.5 Å². The number of hydrogen-bond donors (Lipinski definition) is 2. The number of methoxy groups -OCH3 is 1. The SMILES string of the molecule is [C-]#[N+]C1=C(O)[C@H](C)[C@H]2CCc3c(OC)nc(Nc4ccncc4)nc3[C@]2(C)C1. The van der Waals surface area contributed by atoms with Gasteiger partial charge in [-0.25, -0.2) is 9.83 Å². The lowest BCUT2D eigenvalue weighted by Crippen LogP contribution is -2.45. The van der Waals surface area contributed by atoms with Gasteiger partial charge in [0, 0.05) is 35.0 Å². The summed E-state index contributed by atoms with van der Waals surface area (Å²) in [6.45, 7) is 11.6. The number of nitrogens with one attached hydrogen (secondary N) is 1. The van der Waals surface area contributed by atoms with E-state index in [2.05, 4.69) is 27.1 Å². The molecule has 0 fully saturated rings. The number of aromatic nitrogens is 3. The third-order valence-corrected chi connectivity index (χ3v) is 6.16. The van der Waals surface area contributed by atoms with E-state index in [0.717, 1.165) is 29.8 Å². The van der Waals surface area contributed by atoms with Crippen molar-refractivity contribution in [3.8, 4) is 5.88 Å². The summed E-state index contributed by atoms with van der Waals surface area (Å²) in [7, 11) is 1.62. The molecule has 2 aromatic heterocycles. The number of hydrogen-bond acceptors (Lipinski definition) is 6. The predicted molar refractivity (Wildman–Crippen MR) is 105 cm³/mol. The number of aliphatic hydroxyl groups is 1. The molecular formula is C21H23N5O2. The van der Waals surface area contributed by atoms with Gasteiger partial charge in [-0.1, -0.05) is 13.8 Å². The molecule has 2 N–H and O–H groups in total. The van der Waals surface area contributed by atoms with E-state index in [1.165, 1.54) is 0 Å². The summed E-state index contributed by atoms with van der Waals surface area (Å²) in [5, 5.41) is 13.7. The van der Waals surface area contributed by atoms with Crippen LogP contribution in [0.1, 0.15) is 37.9 Å². The maximum atomic E-state index is 10.5. The zero-order chi connectivity index (χ0) is 19.9. The molecule has 7 heteroatoms. The molecular weight excluding hydrogens is 354 g/mol. The minimum Gasteiger partial charge on any atom is -0.523 e. The van der Waals surface area contributed by atoms with Gasteiger partial charge >= 0.3 is 0 Å². The van der Waals surface area contributed by atoms with E-state index in [4.69, 9.17) is 16.3 Å². The first-order valence-electron chi connectivity index (χ1n) is 9.39. The Morgan fingerprint density at radius 3 is 2.75 bits per heavy atom. The fraction of sp³-hybridized carbons (Fsp3) is 0.429. The molecule has 0 unspecified atom stereocenters. The van der Waals surface area contributed by atoms with Crippen molar-refractivity contribution in [1.82, 2.24) is 15.0 Å². The molecule has 0 saturated heterocycles. The monoisotopic (exact) mass is 377 g/mol. The summed E-state index contributed by atoms with van der Waals surface area (Å²) in [4.78, 5) is 17.1. The number of ether oxygens (including phenoxy) is 1. The Balaban J connectivity index is 1.83. The van der Waals surface area contributed by atoms with Crippen LogP contribution in [-0.2, 0) is 11.8 Å². The first-order valence-corrected chi connectivity index (χ1v) is 9.39. The Labute approximate surface area is 164 Å². The normalized spacial score (nSPS) is 26.1. The second-order valence-corrected chi connectivity index (χ2v) is 7.72. The van der Waals surface area contributed by atoms with Crippen LogP contribution in [0.15, 0.2) is 36.0 Å². The Morgan fingerprint density at radius 1 is 1.32 bits per heavy atom. The van der Waals surface area contributed by atoms with Crippen LogP contribution in [0.4, 0.5) is 11.6 Å². The average Bonchev–Trinajstić information content (AvgIpc) is 2.71. The van der Waals surface area contributed by atoms with Crippen LogP contribution in [0.5, 0.6) is 5.88 Å². The van der Waals surface area contributed by atoms with Gasteiger partial charge in [-0.15, -0.1) is 0 Å². The molecule has 0 radical (unpaired) electrons. The summed E-state index contributed by atoms with van der Waals surface area (Å²) in [6, 6.07) is 3.70. The Morgan fingerprint density at radius 2 is 2.07 bits per heavy atom. The van der Waals surface area contributed by atoms with Gasteiger partial charge in [0.25, 0.3) is 0 Å². The van der Waals surface area contributed by atoms with Gasteiger partial charge in [-0.05, 0) is 37.3 Å². The van der Waals surface area contributed by atoms with E-state index >= 15 is 0 Å². The van der Waals surface area contributed by atoms with Crippen LogP contribution >= 0.6 is 0 Å². The Kier molecular flexibility index (Phi) is 4.42. The highest BCUT2D eigenvalue weighted by molar-refractivity contribution is 5.55. The molecule has 2 heterocycles. The van der Waals surface area contributed by atoms with Crippen LogP contribution < -0.4 is 10.1 Å². The second kappa shape index (κ2) is 6.79. The maximum absolute atomic E-state index is 10.5. The van der Waals surface area contributed by atoms with Crippen LogP contribution in [0, 0.1) is 18.4 Å². The largest absolute Gasteiger partial charge is 0.523 e. The predicted octanol–water partition coefficient (Wildman–Crippen LogP) is 4.17. The highest BCUT2D eigenvalue weighted by atomic mass is 16.5. The average molecular weight is 377 g/mol. The lowest BCUT2D eigenvalue weighted by molar-refractivity contribution is 0.134. The van der Waals surface area contributed by atoms with Gasteiger partial charge < -0.3 is 15.2 Å². The summed E-state index contributed by atoms with van der Waals surface area (Å²) in [5.74, 6) is 1.39. The minimum atomic E-state index is -0.357. The van der Waals surface area contributed by atoms with Crippen molar-refractivity contribution in [2.24, 2.45) is 11.8 Å². The smallest absolute Gasteiger partial charge is 0.230 e. The highest BCUT2D eigenvalue weighted by Crippen LogP contribution is 2.54. The van der Waals surface area contributed by atoms with Crippen LogP contribution in [0.2, 0.25) is 0 Å². The lowest BCUT2D eigenvalue weighted by Gasteiger charge is -2.48. The zero-order valence-electron chi connectivity index (χ0n) is 16.2. The van der Waals surface area contributed by atoms with Crippen molar-refractivity contribution in [3.63, 3.8) is 0 Å². The number of aliphatic hydroxyl groups excluding tert-OH is 1. The third-order valence-electron chi connectivity index (χ3n) is 6.16. The molecule has 0 bridgehead atoms. The van der Waals surface area contributed by atoms with E-state index in [-0.39, 0.29) is 23.0 Å². The van der Waals surface area contributed by atoms with Crippen LogP contribution in [0.3, 0.4) is 0 Å². The van der Waals surface area contributed by atoms with Crippen molar-refractivity contribution in [3.05, 3.63) is 58.7 Å². The molecule has 0 spiro atoms. The van der Waals surface area contributed by atoms with Gasteiger partial charge in [-0.3, -0.25) is 4.98 Å². The van der Waals surface area contributed by atoms with Crippen molar-refractivity contribution < 1.29 is 9.84 Å². The van der Waals surface area contributed by atoms with Crippen LogP contribution in [-0.4, -0.2) is 27.2 Å². The third kappa shape index (κ3) is 2.76. The standard InChI is InChI=1S/C21H23N5O2/c1-12-15-6-5-14-18(21(15,2)11-16(22-3)17(12)27)25-20(26-19(14)28-4)24-13-7-9-23-10-8-13/h7-10,12,15,27H,5-6,11H2,1-2,4H3,(H,23,24,25,26)/t12-,15-,21-/m1/s1. The molecule has 3 atom stereocenters. The lowest BCUT2D eigenvalue weighted by atomic mass is 9.57. The van der Waals surface area contributed by atoms with E-state index in [1.54, 1.807) is 19.5 Å². The minimum absolute atomic E-state index is 0.0754. The van der Waals surface area contributed by atoms with Crippen molar-refractivity contribution in [1.29, 1.82) is 0 Å². The molecule has 4 rings (SSSR count). The number of pyridine rings is 1. The molecule has 2 aromatic rings.